The van der Waals surface area contributed by atoms with E-state index in [1.165, 1.54) is 19.3 Å². The van der Waals surface area contributed by atoms with Gasteiger partial charge < -0.3 is 39.5 Å². The largest absolute Gasteiger partial charge is 0.472 e. The first-order valence-corrected chi connectivity index (χ1v) is 25.8. The van der Waals surface area contributed by atoms with Crippen LogP contribution in [0.15, 0.2) is 109 Å². The molecular weight excluding hydrogens is 878 g/mol. The van der Waals surface area contributed by atoms with Crippen molar-refractivity contribution >= 4 is 27.6 Å². The van der Waals surface area contributed by atoms with E-state index in [-0.39, 0.29) is 12.8 Å². The Morgan fingerprint density at radius 2 is 1.03 bits per heavy atom. The number of carbonyl (C=O) groups excluding carboxylic acids is 2. The molecule has 0 aliphatic carbocycles. The lowest BCUT2D eigenvalue weighted by Crippen LogP contribution is -2.29. The molecule has 15 nitrogen and oxygen atoms in total. The van der Waals surface area contributed by atoms with Gasteiger partial charge in [-0.1, -0.05) is 149 Å². The zero-order valence-electron chi connectivity index (χ0n) is 38.5. The third-order valence-electron chi connectivity index (χ3n) is 8.82. The van der Waals surface area contributed by atoms with Crippen LogP contribution in [0.3, 0.4) is 0 Å². The Kier molecular flexibility index (Phi) is 39.9. The fraction of sp³-hybridized carbons (Fsp3) is 0.583. The SMILES string of the molecule is CC/C=C\C[C@H](O)/C=C/C=C\C=C\[C@H](O)C/C=C\C/C=C\CCC(=O)O[C@H](COC(=O)CCCCCC/C=C\C/C=C\C/C=C\CCCCC)COP(=O)(O)OC[C@@H](O)COP(=O)(O)O. The van der Waals surface area contributed by atoms with E-state index in [2.05, 4.69) is 52.4 Å². The van der Waals surface area contributed by atoms with Gasteiger partial charge in [0.05, 0.1) is 32.0 Å². The summed E-state index contributed by atoms with van der Waals surface area (Å²) in [5.74, 6) is -1.24. The van der Waals surface area contributed by atoms with Gasteiger partial charge in [-0.15, -0.1) is 0 Å². The molecule has 0 heterocycles. The maximum Gasteiger partial charge on any atom is 0.472 e. The van der Waals surface area contributed by atoms with E-state index < -0.39 is 78.4 Å². The summed E-state index contributed by atoms with van der Waals surface area (Å²) in [5, 5.41) is 29.7. The first kappa shape index (κ1) is 61.7. The molecular formula is C48H78O15P2. The molecule has 0 radical (unpaired) electrons. The lowest BCUT2D eigenvalue weighted by Gasteiger charge is -2.20. The lowest BCUT2D eigenvalue weighted by molar-refractivity contribution is -0.161. The summed E-state index contributed by atoms with van der Waals surface area (Å²) in [6, 6.07) is 0. The van der Waals surface area contributed by atoms with Gasteiger partial charge in [-0.05, 0) is 77.0 Å². The van der Waals surface area contributed by atoms with Gasteiger partial charge in [0, 0.05) is 12.8 Å². The predicted molar refractivity (Wildman–Crippen MR) is 255 cm³/mol. The second kappa shape index (κ2) is 42.1. The molecule has 0 aromatic carbocycles. The molecule has 0 bridgehead atoms. The molecule has 0 saturated carbocycles. The molecule has 1 unspecified atom stereocenters. The second-order valence-corrected chi connectivity index (χ2v) is 17.7. The summed E-state index contributed by atoms with van der Waals surface area (Å²) in [6.07, 6.45) is 44.4. The first-order valence-electron chi connectivity index (χ1n) is 22.8. The van der Waals surface area contributed by atoms with Gasteiger partial charge in [0.2, 0.25) is 0 Å². The Morgan fingerprint density at radius 3 is 1.62 bits per heavy atom. The van der Waals surface area contributed by atoms with Gasteiger partial charge in [-0.2, -0.15) is 0 Å². The summed E-state index contributed by atoms with van der Waals surface area (Å²) in [6.45, 7) is 1.30. The number of unbranched alkanes of at least 4 members (excludes halogenated alkanes) is 7. The molecule has 5 atom stereocenters. The standard InChI is InChI=1S/C48H78O15P2/c1-3-5-7-8-9-10-11-12-13-14-15-16-17-18-19-23-31-37-47(52)59-41-46(42-62-65(57,58)61-40-45(51)39-60-64(54,55)56)63-48(53)38-32-24-21-20-22-28-34-44(50)36-30-26-25-29-35-43(49)33-27-6-4-2/h6,9-10,12-13,15-16,21-22,24-30,35-36,43-46,49-51H,3-5,7-8,11,14,17-20,23,31-34,37-42H2,1-2H3,(H,57,58)(H2,54,55,56)/b10-9-,13-12-,16-15-,24-21-,26-25-,27-6-,28-22-,35-29+,36-30+/t43-,44+,45-,46+/m0/s1. The Hall–Kier alpha value is -3.30. The number of allylic oxidation sites excluding steroid dienone is 14. The van der Waals surface area contributed by atoms with E-state index in [0.717, 1.165) is 51.4 Å². The van der Waals surface area contributed by atoms with Crippen LogP contribution < -0.4 is 0 Å². The number of rotatable bonds is 41. The molecule has 0 rings (SSSR count). The van der Waals surface area contributed by atoms with E-state index >= 15 is 0 Å². The van der Waals surface area contributed by atoms with Crippen LogP contribution >= 0.6 is 15.6 Å². The first-order chi connectivity index (χ1) is 31.2. The van der Waals surface area contributed by atoms with Crippen molar-refractivity contribution in [3.8, 4) is 0 Å². The van der Waals surface area contributed by atoms with Crippen molar-refractivity contribution in [1.29, 1.82) is 0 Å². The van der Waals surface area contributed by atoms with Crippen LogP contribution in [-0.4, -0.2) is 92.8 Å². The molecule has 0 aliphatic heterocycles. The van der Waals surface area contributed by atoms with Crippen molar-refractivity contribution in [2.45, 2.75) is 154 Å². The molecule has 17 heteroatoms. The molecule has 0 aromatic rings. The molecule has 0 amide bonds. The van der Waals surface area contributed by atoms with Crippen molar-refractivity contribution in [3.63, 3.8) is 0 Å². The van der Waals surface area contributed by atoms with E-state index in [9.17, 15) is 38.9 Å². The zero-order chi connectivity index (χ0) is 48.3. The summed E-state index contributed by atoms with van der Waals surface area (Å²) < 4.78 is 47.6. The number of phosphoric acid groups is 2. The normalized spacial score (nSPS) is 15.9. The molecule has 65 heavy (non-hydrogen) atoms. The van der Waals surface area contributed by atoms with Gasteiger partial charge in [-0.3, -0.25) is 23.2 Å². The Morgan fingerprint density at radius 1 is 0.523 bits per heavy atom. The molecule has 0 saturated heterocycles. The molecule has 370 valence electrons. The van der Waals surface area contributed by atoms with E-state index in [4.69, 9.17) is 23.8 Å². The van der Waals surface area contributed by atoms with Crippen molar-refractivity contribution < 1.29 is 71.8 Å². The molecule has 0 spiro atoms. The number of aliphatic hydroxyl groups is 3. The number of phosphoric ester groups is 2. The van der Waals surface area contributed by atoms with E-state index in [1.807, 2.05) is 37.3 Å². The summed E-state index contributed by atoms with van der Waals surface area (Å²) in [7, 11) is -9.77. The van der Waals surface area contributed by atoms with Gasteiger partial charge in [-0.25, -0.2) is 9.13 Å². The van der Waals surface area contributed by atoms with Crippen LogP contribution in [0.2, 0.25) is 0 Å². The van der Waals surface area contributed by atoms with Crippen molar-refractivity contribution in [2.24, 2.45) is 0 Å². The highest BCUT2D eigenvalue weighted by Gasteiger charge is 2.28. The van der Waals surface area contributed by atoms with Crippen LogP contribution in [0.5, 0.6) is 0 Å². The average Bonchev–Trinajstić information content (AvgIpc) is 3.26. The minimum absolute atomic E-state index is 0.0620. The third-order valence-corrected chi connectivity index (χ3v) is 10.3. The third kappa shape index (κ3) is 45.6. The molecule has 6 N–H and O–H groups in total. The van der Waals surface area contributed by atoms with Gasteiger partial charge in [0.25, 0.3) is 0 Å². The zero-order valence-corrected chi connectivity index (χ0v) is 40.3. The van der Waals surface area contributed by atoms with E-state index in [1.54, 1.807) is 42.5 Å². The lowest BCUT2D eigenvalue weighted by atomic mass is 10.1. The maximum absolute atomic E-state index is 12.7. The van der Waals surface area contributed by atoms with Crippen LogP contribution in [0.4, 0.5) is 0 Å². The number of hydrogen-bond acceptors (Lipinski definition) is 12. The molecule has 0 aromatic heterocycles. The number of esters is 2. The van der Waals surface area contributed by atoms with Gasteiger partial charge in [0.15, 0.2) is 6.10 Å². The molecule has 0 fully saturated rings. The minimum Gasteiger partial charge on any atom is -0.462 e. The maximum atomic E-state index is 12.7. The highest BCUT2D eigenvalue weighted by molar-refractivity contribution is 7.47. The number of hydrogen-bond donors (Lipinski definition) is 6. The predicted octanol–water partition coefficient (Wildman–Crippen LogP) is 9.83. The van der Waals surface area contributed by atoms with Crippen LogP contribution in [0.25, 0.3) is 0 Å². The number of aliphatic hydroxyl groups excluding tert-OH is 3. The molecule has 0 aliphatic rings. The highest BCUT2D eigenvalue weighted by atomic mass is 31.2. The monoisotopic (exact) mass is 956 g/mol. The van der Waals surface area contributed by atoms with Crippen molar-refractivity contribution in [1.82, 2.24) is 0 Å². The van der Waals surface area contributed by atoms with E-state index in [0.29, 0.717) is 32.1 Å². The fourth-order valence-corrected chi connectivity index (χ4v) is 6.47. The quantitative estimate of drug-likeness (QED) is 0.0110. The smallest absolute Gasteiger partial charge is 0.462 e. The minimum atomic E-state index is -4.90. The summed E-state index contributed by atoms with van der Waals surface area (Å²) >= 11 is 0. The average molecular weight is 957 g/mol. The summed E-state index contributed by atoms with van der Waals surface area (Å²) in [4.78, 5) is 52.7. The summed E-state index contributed by atoms with van der Waals surface area (Å²) in [5.41, 5.74) is 0. The number of ether oxygens (including phenoxy) is 2. The topological polar surface area (TPSA) is 236 Å². The van der Waals surface area contributed by atoms with Gasteiger partial charge in [0.1, 0.15) is 12.7 Å². The van der Waals surface area contributed by atoms with Gasteiger partial charge >= 0.3 is 27.6 Å². The van der Waals surface area contributed by atoms with Crippen LogP contribution in [0.1, 0.15) is 129 Å². The van der Waals surface area contributed by atoms with Crippen molar-refractivity contribution in [3.05, 3.63) is 109 Å². The van der Waals surface area contributed by atoms with Crippen LogP contribution in [-0.2, 0) is 41.8 Å². The second-order valence-electron chi connectivity index (χ2n) is 15.0. The van der Waals surface area contributed by atoms with Crippen LogP contribution in [0, 0.1) is 0 Å². The Labute approximate surface area is 387 Å². The van der Waals surface area contributed by atoms with Crippen molar-refractivity contribution in [2.75, 3.05) is 26.4 Å². The number of carbonyl (C=O) groups is 2. The Bertz CT molecular complexity index is 1590. The highest BCUT2D eigenvalue weighted by Crippen LogP contribution is 2.43. The fourth-order valence-electron chi connectivity index (χ4n) is 5.32. The Balaban J connectivity index is 4.79.